The van der Waals surface area contributed by atoms with Gasteiger partial charge >= 0.3 is 5.97 Å². The third-order valence-corrected chi connectivity index (χ3v) is 5.66. The first-order valence-electron chi connectivity index (χ1n) is 8.48. The molecule has 1 aliphatic rings. The van der Waals surface area contributed by atoms with Crippen molar-refractivity contribution in [3.8, 4) is 0 Å². The third-order valence-electron chi connectivity index (χ3n) is 3.99. The standard InChI is InChI=1S/C19H20N2O5S/c1-12(2)21-27(24,25)14-9-7-13(8-10-14)20-18(22)11-17-15-5-3-4-6-16(15)19(23)26-17/h3-10,12,17,21H,11H2,1-2H3,(H,20,22)/t17-/m1/s1. The van der Waals surface area contributed by atoms with Crippen molar-refractivity contribution in [3.63, 3.8) is 0 Å². The molecule has 1 aliphatic heterocycles. The van der Waals surface area contributed by atoms with Crippen LogP contribution in [0.1, 0.15) is 42.3 Å². The van der Waals surface area contributed by atoms with Crippen LogP contribution in [0.15, 0.2) is 53.4 Å². The summed E-state index contributed by atoms with van der Waals surface area (Å²) in [5.74, 6) is -0.768. The Morgan fingerprint density at radius 2 is 1.78 bits per heavy atom. The number of carbonyl (C=O) groups is 2. The monoisotopic (exact) mass is 388 g/mol. The summed E-state index contributed by atoms with van der Waals surface area (Å²) >= 11 is 0. The number of nitrogens with one attached hydrogen (secondary N) is 2. The van der Waals surface area contributed by atoms with Gasteiger partial charge in [-0.2, -0.15) is 0 Å². The molecule has 142 valence electrons. The molecule has 0 spiro atoms. The maximum absolute atomic E-state index is 12.3. The van der Waals surface area contributed by atoms with E-state index >= 15 is 0 Å². The summed E-state index contributed by atoms with van der Waals surface area (Å²) in [7, 11) is -3.58. The maximum Gasteiger partial charge on any atom is 0.339 e. The van der Waals surface area contributed by atoms with E-state index in [2.05, 4.69) is 10.0 Å². The number of rotatable bonds is 6. The lowest BCUT2D eigenvalue weighted by molar-refractivity contribution is -0.118. The van der Waals surface area contributed by atoms with Crippen molar-refractivity contribution in [1.82, 2.24) is 4.72 Å². The van der Waals surface area contributed by atoms with Gasteiger partial charge < -0.3 is 10.1 Å². The van der Waals surface area contributed by atoms with Gasteiger partial charge in [0.2, 0.25) is 15.9 Å². The van der Waals surface area contributed by atoms with Crippen LogP contribution in [0.2, 0.25) is 0 Å². The molecule has 27 heavy (non-hydrogen) atoms. The summed E-state index contributed by atoms with van der Waals surface area (Å²) in [4.78, 5) is 24.2. The molecule has 0 saturated heterocycles. The summed E-state index contributed by atoms with van der Waals surface area (Å²) in [6, 6.07) is 12.6. The lowest BCUT2D eigenvalue weighted by atomic mass is 10.0. The average Bonchev–Trinajstić information content (AvgIpc) is 2.90. The molecule has 2 aromatic carbocycles. The number of hydrogen-bond donors (Lipinski definition) is 2. The number of fused-ring (bicyclic) bond motifs is 1. The van der Waals surface area contributed by atoms with E-state index < -0.39 is 22.1 Å². The quantitative estimate of drug-likeness (QED) is 0.741. The average molecular weight is 388 g/mol. The van der Waals surface area contributed by atoms with Gasteiger partial charge in [-0.05, 0) is 44.2 Å². The molecule has 1 heterocycles. The molecule has 0 saturated carbocycles. The number of carbonyl (C=O) groups excluding carboxylic acids is 2. The molecule has 3 rings (SSSR count). The van der Waals surface area contributed by atoms with Crippen molar-refractivity contribution >= 4 is 27.6 Å². The van der Waals surface area contributed by atoms with Crippen LogP contribution in [0.25, 0.3) is 0 Å². The van der Waals surface area contributed by atoms with E-state index in [4.69, 9.17) is 4.74 Å². The van der Waals surface area contributed by atoms with Gasteiger partial charge in [-0.15, -0.1) is 0 Å². The molecule has 2 N–H and O–H groups in total. The Morgan fingerprint density at radius 3 is 2.44 bits per heavy atom. The van der Waals surface area contributed by atoms with Gasteiger partial charge in [0, 0.05) is 17.3 Å². The summed E-state index contributed by atoms with van der Waals surface area (Å²) in [5.41, 5.74) is 1.63. The lowest BCUT2D eigenvalue weighted by Crippen LogP contribution is -2.30. The van der Waals surface area contributed by atoms with E-state index in [0.717, 1.165) is 0 Å². The maximum atomic E-state index is 12.3. The minimum Gasteiger partial charge on any atom is -0.453 e. The van der Waals surface area contributed by atoms with E-state index in [9.17, 15) is 18.0 Å². The van der Waals surface area contributed by atoms with Crippen molar-refractivity contribution < 1.29 is 22.7 Å². The Hall–Kier alpha value is -2.71. The summed E-state index contributed by atoms with van der Waals surface area (Å²) in [6.45, 7) is 3.47. The second kappa shape index (κ2) is 7.50. The molecule has 8 heteroatoms. The zero-order valence-corrected chi connectivity index (χ0v) is 15.7. The SMILES string of the molecule is CC(C)NS(=O)(=O)c1ccc(NC(=O)C[C@H]2OC(=O)c3ccccc32)cc1. The first kappa shape index (κ1) is 19.1. The minimum absolute atomic E-state index is 0.0162. The number of anilines is 1. The van der Waals surface area contributed by atoms with Crippen LogP contribution in [-0.2, 0) is 19.6 Å². The van der Waals surface area contributed by atoms with Gasteiger partial charge in [0.25, 0.3) is 0 Å². The Morgan fingerprint density at radius 1 is 1.11 bits per heavy atom. The van der Waals surface area contributed by atoms with Gasteiger partial charge in [0.1, 0.15) is 6.10 Å². The van der Waals surface area contributed by atoms with Crippen molar-refractivity contribution in [2.75, 3.05) is 5.32 Å². The fraction of sp³-hybridized carbons (Fsp3) is 0.263. The highest BCUT2D eigenvalue weighted by atomic mass is 32.2. The van der Waals surface area contributed by atoms with Gasteiger partial charge in [0.05, 0.1) is 16.9 Å². The fourth-order valence-corrected chi connectivity index (χ4v) is 4.10. The van der Waals surface area contributed by atoms with Gasteiger partial charge in [-0.25, -0.2) is 17.9 Å². The van der Waals surface area contributed by atoms with Crippen LogP contribution < -0.4 is 10.0 Å². The first-order valence-corrected chi connectivity index (χ1v) is 9.97. The van der Waals surface area contributed by atoms with E-state index in [0.29, 0.717) is 16.8 Å². The molecule has 2 aromatic rings. The van der Waals surface area contributed by atoms with Crippen LogP contribution in [0.3, 0.4) is 0 Å². The largest absolute Gasteiger partial charge is 0.453 e. The van der Waals surface area contributed by atoms with Gasteiger partial charge in [0.15, 0.2) is 0 Å². The molecule has 1 atom stereocenters. The second-order valence-electron chi connectivity index (χ2n) is 6.53. The molecule has 0 unspecified atom stereocenters. The van der Waals surface area contributed by atoms with Crippen molar-refractivity contribution in [2.24, 2.45) is 0 Å². The summed E-state index contributed by atoms with van der Waals surface area (Å²) in [6.07, 6.45) is -0.638. The summed E-state index contributed by atoms with van der Waals surface area (Å²) in [5, 5.41) is 2.69. The highest BCUT2D eigenvalue weighted by molar-refractivity contribution is 7.89. The molecule has 0 aliphatic carbocycles. The predicted octanol–water partition coefficient (Wildman–Crippen LogP) is 2.61. The number of ether oxygens (including phenoxy) is 1. The van der Waals surface area contributed by atoms with E-state index in [1.165, 1.54) is 24.3 Å². The van der Waals surface area contributed by atoms with Crippen LogP contribution in [0.5, 0.6) is 0 Å². The minimum atomic E-state index is -3.58. The molecule has 1 amide bonds. The highest BCUT2D eigenvalue weighted by Gasteiger charge is 2.32. The van der Waals surface area contributed by atoms with Crippen LogP contribution in [0, 0.1) is 0 Å². The molecule has 0 aromatic heterocycles. The Labute approximate surface area is 157 Å². The zero-order chi connectivity index (χ0) is 19.6. The van der Waals surface area contributed by atoms with E-state index in [-0.39, 0.29) is 23.3 Å². The predicted molar refractivity (Wildman–Crippen MR) is 99.7 cm³/mol. The van der Waals surface area contributed by atoms with Crippen LogP contribution in [-0.4, -0.2) is 26.3 Å². The molecule has 0 fully saturated rings. The zero-order valence-electron chi connectivity index (χ0n) is 14.9. The highest BCUT2D eigenvalue weighted by Crippen LogP contribution is 2.33. The Balaban J connectivity index is 1.65. The molecular formula is C19H20N2O5S. The smallest absolute Gasteiger partial charge is 0.339 e. The van der Waals surface area contributed by atoms with E-state index in [1.54, 1.807) is 38.1 Å². The van der Waals surface area contributed by atoms with Gasteiger partial charge in [-0.3, -0.25) is 4.79 Å². The first-order chi connectivity index (χ1) is 12.8. The van der Waals surface area contributed by atoms with Crippen LogP contribution >= 0.6 is 0 Å². The van der Waals surface area contributed by atoms with Crippen molar-refractivity contribution in [1.29, 1.82) is 0 Å². The number of hydrogen-bond acceptors (Lipinski definition) is 5. The molecule has 0 radical (unpaired) electrons. The van der Waals surface area contributed by atoms with Crippen LogP contribution in [0.4, 0.5) is 5.69 Å². The van der Waals surface area contributed by atoms with Gasteiger partial charge in [-0.1, -0.05) is 18.2 Å². The van der Waals surface area contributed by atoms with Crippen molar-refractivity contribution in [2.45, 2.75) is 37.3 Å². The second-order valence-corrected chi connectivity index (χ2v) is 8.25. The molecule has 7 nitrogen and oxygen atoms in total. The Kier molecular flexibility index (Phi) is 5.29. The normalized spacial score (nSPS) is 16.1. The number of sulfonamides is 1. The number of cyclic esters (lactones) is 1. The topological polar surface area (TPSA) is 102 Å². The van der Waals surface area contributed by atoms with Crippen molar-refractivity contribution in [3.05, 3.63) is 59.7 Å². The van der Waals surface area contributed by atoms with E-state index in [1.807, 2.05) is 0 Å². The molecular weight excluding hydrogens is 368 g/mol. The third kappa shape index (κ3) is 4.35. The molecule has 0 bridgehead atoms. The Bertz CT molecular complexity index is 968. The number of amides is 1. The fourth-order valence-electron chi connectivity index (χ4n) is 2.85. The lowest BCUT2D eigenvalue weighted by Gasteiger charge is -2.12. The number of esters is 1. The number of benzene rings is 2. The summed E-state index contributed by atoms with van der Waals surface area (Å²) < 4.78 is 32.0.